The standard InChI is InChI=1S/C43H56FN5O4/c1-28(2)40-35-13-10-12-31(34(35)14-17-49(40)42(51)33(23-45)22-43(5,6)27-44)24-47-15-11-16-48(19-18-47)26-37-38(52-8)20-32(21-39(37)53-9)36-25-46(7)41(50)30(4)29(36)3/h10,12-13,20-22,25,28,40H,11,14-19,24,26-27H2,1-9H3/b33-22+/t40-/m0/s1. The number of hydrogen-bond donors (Lipinski definition) is 0. The van der Waals surface area contributed by atoms with Crippen LogP contribution < -0.4 is 15.0 Å². The number of allylic oxidation sites excluding steroid dienone is 1. The van der Waals surface area contributed by atoms with Crippen LogP contribution in [0.15, 0.2) is 53.0 Å². The van der Waals surface area contributed by atoms with Crippen molar-refractivity contribution in [2.75, 3.05) is 53.6 Å². The van der Waals surface area contributed by atoms with Gasteiger partial charge in [0.15, 0.2) is 0 Å². The van der Waals surface area contributed by atoms with E-state index in [9.17, 15) is 19.2 Å². The minimum absolute atomic E-state index is 0.00173. The van der Waals surface area contributed by atoms with Gasteiger partial charge in [0.1, 0.15) is 23.1 Å². The second kappa shape index (κ2) is 16.7. The molecule has 1 fully saturated rings. The Morgan fingerprint density at radius 3 is 2.25 bits per heavy atom. The van der Waals surface area contributed by atoms with Crippen molar-refractivity contribution in [2.45, 2.75) is 73.5 Å². The zero-order valence-electron chi connectivity index (χ0n) is 33.0. The number of nitrogens with zero attached hydrogens (tertiary/aromatic N) is 5. The molecule has 0 aliphatic carbocycles. The topological polar surface area (TPSA) is 91.0 Å². The normalized spacial score (nSPS) is 17.4. The Bertz CT molecular complexity index is 1930. The number of amides is 1. The lowest BCUT2D eigenvalue weighted by molar-refractivity contribution is -0.130. The quantitative estimate of drug-likeness (QED) is 0.157. The predicted octanol–water partition coefficient (Wildman–Crippen LogP) is 6.92. The van der Waals surface area contributed by atoms with Crippen LogP contribution in [0.3, 0.4) is 0 Å². The number of carbonyl (C=O) groups excluding carboxylic acids is 1. The summed E-state index contributed by atoms with van der Waals surface area (Å²) >= 11 is 0. The van der Waals surface area contributed by atoms with Crippen molar-refractivity contribution < 1.29 is 18.7 Å². The first-order valence-corrected chi connectivity index (χ1v) is 18.7. The third-order valence-corrected chi connectivity index (χ3v) is 11.0. The van der Waals surface area contributed by atoms with Crippen LogP contribution in [-0.4, -0.2) is 78.8 Å². The summed E-state index contributed by atoms with van der Waals surface area (Å²) in [6.07, 6.45) is 5.09. The van der Waals surface area contributed by atoms with Gasteiger partial charge >= 0.3 is 0 Å². The van der Waals surface area contributed by atoms with E-state index in [4.69, 9.17) is 9.47 Å². The fraction of sp³-hybridized carbons (Fsp3) is 0.512. The second-order valence-corrected chi connectivity index (χ2v) is 15.7. The molecule has 2 aromatic carbocycles. The van der Waals surface area contributed by atoms with Gasteiger partial charge in [-0.15, -0.1) is 0 Å². The van der Waals surface area contributed by atoms with Gasteiger partial charge in [0.25, 0.3) is 11.5 Å². The monoisotopic (exact) mass is 725 g/mol. The molecule has 3 aromatic rings. The summed E-state index contributed by atoms with van der Waals surface area (Å²) in [5, 5.41) is 9.88. The smallest absolute Gasteiger partial charge is 0.264 e. The number of alkyl halides is 1. The van der Waals surface area contributed by atoms with Crippen LogP contribution >= 0.6 is 0 Å². The molecule has 284 valence electrons. The van der Waals surface area contributed by atoms with E-state index >= 15 is 0 Å². The molecule has 1 atom stereocenters. The van der Waals surface area contributed by atoms with Crippen molar-refractivity contribution in [3.63, 3.8) is 0 Å². The number of aromatic nitrogens is 1. The summed E-state index contributed by atoms with van der Waals surface area (Å²) in [5.41, 5.74) is 7.44. The van der Waals surface area contributed by atoms with Gasteiger partial charge in [-0.3, -0.25) is 23.8 Å². The fourth-order valence-electron chi connectivity index (χ4n) is 7.96. The molecule has 2 aliphatic heterocycles. The summed E-state index contributed by atoms with van der Waals surface area (Å²) in [5.74, 6) is 1.33. The third-order valence-electron chi connectivity index (χ3n) is 11.0. The van der Waals surface area contributed by atoms with Crippen molar-refractivity contribution >= 4 is 5.91 Å². The maximum Gasteiger partial charge on any atom is 0.264 e. The van der Waals surface area contributed by atoms with Gasteiger partial charge in [0, 0.05) is 62.5 Å². The molecular formula is C43H56FN5O4. The van der Waals surface area contributed by atoms with E-state index in [1.807, 2.05) is 37.1 Å². The molecule has 0 spiro atoms. The highest BCUT2D eigenvalue weighted by atomic mass is 19.1. The number of carbonyl (C=O) groups is 1. The highest BCUT2D eigenvalue weighted by molar-refractivity contribution is 5.97. The van der Waals surface area contributed by atoms with E-state index in [0.717, 1.165) is 84.0 Å². The number of pyridine rings is 1. The van der Waals surface area contributed by atoms with Crippen LogP contribution in [0.2, 0.25) is 0 Å². The van der Waals surface area contributed by atoms with Gasteiger partial charge in [-0.2, -0.15) is 5.26 Å². The van der Waals surface area contributed by atoms with Crippen LogP contribution in [0.1, 0.15) is 73.5 Å². The number of aryl methyl sites for hydroxylation is 1. The average molecular weight is 726 g/mol. The lowest BCUT2D eigenvalue weighted by Crippen LogP contribution is -2.43. The summed E-state index contributed by atoms with van der Waals surface area (Å²) in [6, 6.07) is 12.4. The molecule has 1 saturated heterocycles. The lowest BCUT2D eigenvalue weighted by Gasteiger charge is -2.41. The molecule has 0 unspecified atom stereocenters. The van der Waals surface area contributed by atoms with Gasteiger partial charge in [-0.25, -0.2) is 0 Å². The van der Waals surface area contributed by atoms with Crippen LogP contribution in [0, 0.1) is 36.5 Å². The van der Waals surface area contributed by atoms with Gasteiger partial charge in [0.2, 0.25) is 0 Å². The summed E-state index contributed by atoms with van der Waals surface area (Å²) in [6.45, 7) is 16.5. The Morgan fingerprint density at radius 2 is 1.66 bits per heavy atom. The number of hydrogen-bond acceptors (Lipinski definition) is 7. The average Bonchev–Trinajstić information content (AvgIpc) is 3.38. The first kappa shape index (κ1) is 39.7. The maximum absolute atomic E-state index is 13.7. The van der Waals surface area contributed by atoms with E-state index in [2.05, 4.69) is 47.9 Å². The van der Waals surface area contributed by atoms with Crippen molar-refractivity contribution in [3.8, 4) is 28.7 Å². The third kappa shape index (κ3) is 8.53. The maximum atomic E-state index is 13.7. The van der Waals surface area contributed by atoms with Gasteiger partial charge in [0.05, 0.1) is 32.5 Å². The Balaban J connectivity index is 1.32. The number of nitriles is 1. The first-order chi connectivity index (χ1) is 25.2. The highest BCUT2D eigenvalue weighted by Gasteiger charge is 2.36. The number of rotatable bonds is 11. The van der Waals surface area contributed by atoms with Crippen LogP contribution in [0.25, 0.3) is 11.1 Å². The number of fused-ring (bicyclic) bond motifs is 1. The Morgan fingerprint density at radius 1 is 1.02 bits per heavy atom. The minimum atomic E-state index is -0.885. The molecule has 53 heavy (non-hydrogen) atoms. The molecule has 2 aliphatic rings. The number of methoxy groups -OCH3 is 2. The molecule has 1 amide bonds. The molecule has 0 bridgehead atoms. The van der Waals surface area contributed by atoms with E-state index < -0.39 is 12.1 Å². The van der Waals surface area contributed by atoms with E-state index in [1.54, 1.807) is 39.7 Å². The number of halogens is 1. The van der Waals surface area contributed by atoms with Gasteiger partial charge in [-0.05, 0) is 85.6 Å². The molecular weight excluding hydrogens is 670 g/mol. The second-order valence-electron chi connectivity index (χ2n) is 15.7. The summed E-state index contributed by atoms with van der Waals surface area (Å²) in [4.78, 5) is 33.1. The number of benzene rings is 2. The Hall–Kier alpha value is -4.46. The van der Waals surface area contributed by atoms with Crippen molar-refractivity contribution in [3.05, 3.63) is 91.9 Å². The van der Waals surface area contributed by atoms with E-state index in [0.29, 0.717) is 19.5 Å². The molecule has 0 saturated carbocycles. The summed E-state index contributed by atoms with van der Waals surface area (Å²) < 4.78 is 27.1. The largest absolute Gasteiger partial charge is 0.496 e. The van der Waals surface area contributed by atoms with E-state index in [-0.39, 0.29) is 29.0 Å². The molecule has 9 nitrogen and oxygen atoms in total. The zero-order valence-corrected chi connectivity index (χ0v) is 33.0. The van der Waals surface area contributed by atoms with Gasteiger partial charge in [-0.1, -0.05) is 52.0 Å². The van der Waals surface area contributed by atoms with Crippen LogP contribution in [0.5, 0.6) is 11.5 Å². The minimum Gasteiger partial charge on any atom is -0.496 e. The predicted molar refractivity (Wildman–Crippen MR) is 208 cm³/mol. The molecule has 1 aromatic heterocycles. The lowest BCUT2D eigenvalue weighted by atomic mass is 9.83. The molecule has 10 heteroatoms. The molecule has 5 rings (SSSR count). The van der Waals surface area contributed by atoms with Crippen LogP contribution in [0.4, 0.5) is 4.39 Å². The Labute approximate surface area is 314 Å². The van der Waals surface area contributed by atoms with Crippen molar-refractivity contribution in [1.82, 2.24) is 19.3 Å². The zero-order chi connectivity index (χ0) is 38.6. The van der Waals surface area contributed by atoms with Crippen molar-refractivity contribution in [2.24, 2.45) is 18.4 Å². The van der Waals surface area contributed by atoms with Crippen molar-refractivity contribution in [1.29, 1.82) is 5.26 Å². The Kier molecular flexibility index (Phi) is 12.5. The number of ether oxygens (including phenoxy) is 2. The molecule has 0 radical (unpaired) electrons. The SMILES string of the molecule is COc1cc(-c2cn(C)c(=O)c(C)c2C)cc(OC)c1CN1CCCN(Cc2cccc3c2CCN(C(=O)/C(C#N)=C/C(C)(C)CF)[C@H]3C(C)C)CC1. The van der Waals surface area contributed by atoms with Gasteiger partial charge < -0.3 is 18.9 Å². The van der Waals surface area contributed by atoms with E-state index in [1.165, 1.54) is 17.2 Å². The van der Waals surface area contributed by atoms with Crippen LogP contribution in [-0.2, 0) is 31.4 Å². The fourth-order valence-corrected chi connectivity index (χ4v) is 7.96. The first-order valence-electron chi connectivity index (χ1n) is 18.7. The molecule has 0 N–H and O–H groups in total. The summed E-state index contributed by atoms with van der Waals surface area (Å²) in [7, 11) is 5.16. The highest BCUT2D eigenvalue weighted by Crippen LogP contribution is 2.39. The molecule has 3 heterocycles.